The molecule has 7 nitrogen and oxygen atoms in total. The molecule has 1 amide bonds. The standard InChI is InChI=1S/C22H26Cl2FN3O4S/c1-22(2,3)33(32)27-20(17-15(29)10-14(23)18(24)19(17)25)12-6-8-28(9-7-12)21(31)13-4-5-16(30)26-11-13/h4-5,10-12,20,27,29H,6-9H2,1-3H3,(H,26,30)/t20?,33-/m0/s1. The molecule has 3 N–H and O–H groups in total. The quantitative estimate of drug-likeness (QED) is 0.407. The van der Waals surface area contributed by atoms with E-state index in [9.17, 15) is 19.2 Å². The maximum absolute atomic E-state index is 15.1. The van der Waals surface area contributed by atoms with Crippen molar-refractivity contribution in [3.63, 3.8) is 0 Å². The molecule has 2 aromatic rings. The Morgan fingerprint density at radius 1 is 1.33 bits per heavy atom. The number of phenolic OH excluding ortho intramolecular Hbond substituents is 1. The van der Waals surface area contributed by atoms with Crippen molar-refractivity contribution in [2.45, 2.75) is 44.4 Å². The van der Waals surface area contributed by atoms with E-state index in [1.165, 1.54) is 24.4 Å². The summed E-state index contributed by atoms with van der Waals surface area (Å²) in [6.45, 7) is 6.08. The number of amides is 1. The molecule has 1 aliphatic heterocycles. The lowest BCUT2D eigenvalue weighted by Crippen LogP contribution is -2.46. The van der Waals surface area contributed by atoms with Crippen LogP contribution in [0.15, 0.2) is 29.2 Å². The van der Waals surface area contributed by atoms with Crippen LogP contribution in [0.25, 0.3) is 0 Å². The first-order valence-corrected chi connectivity index (χ1v) is 12.3. The van der Waals surface area contributed by atoms with E-state index < -0.39 is 28.0 Å². The molecule has 1 unspecified atom stereocenters. The Morgan fingerprint density at radius 2 is 1.97 bits per heavy atom. The summed E-state index contributed by atoms with van der Waals surface area (Å²) in [5, 5.41) is 10.1. The number of pyridine rings is 1. The van der Waals surface area contributed by atoms with Gasteiger partial charge in [0.1, 0.15) is 10.5 Å². The molecule has 1 fully saturated rings. The van der Waals surface area contributed by atoms with Gasteiger partial charge in [-0.05, 0) is 45.6 Å². The Kier molecular flexibility index (Phi) is 8.01. The summed E-state index contributed by atoms with van der Waals surface area (Å²) in [7, 11) is 0. The van der Waals surface area contributed by atoms with Crippen LogP contribution in [0, 0.1) is 11.7 Å². The zero-order valence-electron chi connectivity index (χ0n) is 18.5. The van der Waals surface area contributed by atoms with Crippen LogP contribution < -0.4 is 10.3 Å². The molecule has 11 heteroatoms. The third-order valence-corrected chi connectivity index (χ3v) is 7.95. The van der Waals surface area contributed by atoms with Crippen LogP contribution in [-0.4, -0.2) is 43.3 Å². The van der Waals surface area contributed by atoms with E-state index in [1.54, 1.807) is 25.7 Å². The molecule has 1 saturated heterocycles. The van der Waals surface area contributed by atoms with Gasteiger partial charge in [-0.2, -0.15) is 0 Å². The van der Waals surface area contributed by atoms with Crippen LogP contribution >= 0.6 is 23.2 Å². The molecule has 3 rings (SSSR count). The molecule has 180 valence electrons. The van der Waals surface area contributed by atoms with Gasteiger partial charge in [-0.25, -0.2) is 4.39 Å². The van der Waals surface area contributed by atoms with E-state index >= 15 is 4.39 Å². The van der Waals surface area contributed by atoms with Gasteiger partial charge in [0.15, 0.2) is 5.82 Å². The number of carbonyl (C=O) groups is 1. The molecule has 0 radical (unpaired) electrons. The highest BCUT2D eigenvalue weighted by atomic mass is 35.5. The Morgan fingerprint density at radius 3 is 2.52 bits per heavy atom. The Hall–Kier alpha value is -1.78. The SMILES string of the molecule is CC(C)(C)[S@+]([O-])NC(c1c(O)cc(Cl)c(Cl)c1F)C1CCN(C(=O)c2ccc(=O)[nH]c2)CC1. The van der Waals surface area contributed by atoms with Crippen LogP contribution in [0.2, 0.25) is 10.0 Å². The van der Waals surface area contributed by atoms with E-state index in [1.807, 2.05) is 0 Å². The second kappa shape index (κ2) is 10.2. The fourth-order valence-corrected chi connectivity index (χ4v) is 4.97. The molecular formula is C22H26Cl2FN3O4S. The number of phenols is 1. The number of aromatic amines is 1. The maximum atomic E-state index is 15.1. The number of nitrogens with one attached hydrogen (secondary N) is 2. The lowest BCUT2D eigenvalue weighted by atomic mass is 9.85. The normalized spacial score (nSPS) is 17.1. The number of nitrogens with zero attached hydrogens (tertiary/aromatic N) is 1. The van der Waals surface area contributed by atoms with Crippen molar-refractivity contribution in [2.24, 2.45) is 5.92 Å². The molecule has 33 heavy (non-hydrogen) atoms. The minimum absolute atomic E-state index is 0.0904. The van der Waals surface area contributed by atoms with Gasteiger partial charge in [0.2, 0.25) is 5.56 Å². The van der Waals surface area contributed by atoms with Crippen molar-refractivity contribution in [1.29, 1.82) is 0 Å². The number of carbonyl (C=O) groups excluding carboxylic acids is 1. The highest BCUT2D eigenvalue weighted by Crippen LogP contribution is 2.42. The summed E-state index contributed by atoms with van der Waals surface area (Å²) >= 11 is 10.3. The maximum Gasteiger partial charge on any atom is 0.255 e. The zero-order chi connectivity index (χ0) is 24.5. The zero-order valence-corrected chi connectivity index (χ0v) is 20.8. The van der Waals surface area contributed by atoms with Crippen molar-refractivity contribution < 1.29 is 18.8 Å². The van der Waals surface area contributed by atoms with Gasteiger partial charge in [0.05, 0.1) is 27.2 Å². The first kappa shape index (κ1) is 25.8. The lowest BCUT2D eigenvalue weighted by Gasteiger charge is -2.38. The first-order valence-electron chi connectivity index (χ1n) is 10.4. The minimum Gasteiger partial charge on any atom is -0.598 e. The van der Waals surface area contributed by atoms with E-state index in [-0.39, 0.29) is 38.7 Å². The number of hydrogen-bond donors (Lipinski definition) is 3. The van der Waals surface area contributed by atoms with Gasteiger partial charge in [-0.15, -0.1) is 4.72 Å². The molecule has 0 bridgehead atoms. The molecule has 2 heterocycles. The summed E-state index contributed by atoms with van der Waals surface area (Å²) in [4.78, 5) is 28.1. The van der Waals surface area contributed by atoms with E-state index in [2.05, 4.69) is 9.71 Å². The van der Waals surface area contributed by atoms with Gasteiger partial charge in [-0.1, -0.05) is 23.2 Å². The lowest BCUT2D eigenvalue weighted by molar-refractivity contribution is 0.0672. The van der Waals surface area contributed by atoms with Crippen molar-refractivity contribution >= 4 is 40.5 Å². The molecule has 0 saturated carbocycles. The minimum atomic E-state index is -1.57. The summed E-state index contributed by atoms with van der Waals surface area (Å²) in [5.41, 5.74) is -0.0216. The monoisotopic (exact) mass is 517 g/mol. The molecule has 0 aliphatic carbocycles. The first-order chi connectivity index (χ1) is 15.4. The summed E-state index contributed by atoms with van der Waals surface area (Å²) in [6, 6.07) is 3.11. The molecule has 1 aliphatic rings. The third-order valence-electron chi connectivity index (χ3n) is 5.61. The van der Waals surface area contributed by atoms with Crippen molar-refractivity contribution in [3.05, 3.63) is 61.7 Å². The second-order valence-corrected chi connectivity index (χ2v) is 11.8. The van der Waals surface area contributed by atoms with Crippen LogP contribution in [-0.2, 0) is 11.4 Å². The molecule has 2 atom stereocenters. The van der Waals surface area contributed by atoms with Crippen LogP contribution in [0.3, 0.4) is 0 Å². The Bertz CT molecular complexity index is 1060. The van der Waals surface area contributed by atoms with Gasteiger partial charge < -0.3 is 19.5 Å². The molecule has 1 aromatic carbocycles. The smallest absolute Gasteiger partial charge is 0.255 e. The van der Waals surface area contributed by atoms with Crippen molar-refractivity contribution in [2.75, 3.05) is 13.1 Å². The number of likely N-dealkylation sites (tertiary alicyclic amines) is 1. The van der Waals surface area contributed by atoms with Gasteiger partial charge in [-0.3, -0.25) is 9.59 Å². The number of piperidine rings is 1. The fourth-order valence-electron chi connectivity index (χ4n) is 3.74. The average Bonchev–Trinajstić information content (AvgIpc) is 2.76. The van der Waals surface area contributed by atoms with E-state index in [4.69, 9.17) is 23.2 Å². The summed E-state index contributed by atoms with van der Waals surface area (Å²) in [5.74, 6) is -1.71. The number of hydrogen-bond acceptors (Lipinski definition) is 5. The van der Waals surface area contributed by atoms with Crippen LogP contribution in [0.4, 0.5) is 4.39 Å². The van der Waals surface area contributed by atoms with Crippen LogP contribution in [0.1, 0.15) is 55.6 Å². The largest absolute Gasteiger partial charge is 0.598 e. The summed E-state index contributed by atoms with van der Waals surface area (Å²) in [6.07, 6.45) is 2.30. The average molecular weight is 518 g/mol. The molecule has 1 aromatic heterocycles. The third kappa shape index (κ3) is 5.84. The van der Waals surface area contributed by atoms with Crippen molar-refractivity contribution in [1.82, 2.24) is 14.6 Å². The predicted octanol–water partition coefficient (Wildman–Crippen LogP) is 4.17. The number of aromatic hydroxyl groups is 1. The topological polar surface area (TPSA) is 108 Å². The van der Waals surface area contributed by atoms with Gasteiger partial charge in [0, 0.05) is 42.8 Å². The van der Waals surface area contributed by atoms with Gasteiger partial charge >= 0.3 is 0 Å². The van der Waals surface area contributed by atoms with Gasteiger partial charge in [0.25, 0.3) is 5.91 Å². The highest BCUT2D eigenvalue weighted by molar-refractivity contribution is 7.90. The predicted molar refractivity (Wildman–Crippen MR) is 128 cm³/mol. The number of H-pyrrole nitrogens is 1. The second-order valence-electron chi connectivity index (χ2n) is 8.97. The van der Waals surface area contributed by atoms with E-state index in [0.29, 0.717) is 31.5 Å². The fraction of sp³-hybridized carbons (Fsp3) is 0.455. The van der Waals surface area contributed by atoms with Crippen LogP contribution in [0.5, 0.6) is 5.75 Å². The molecule has 0 spiro atoms. The number of halogens is 3. The van der Waals surface area contributed by atoms with E-state index in [0.717, 1.165) is 0 Å². The number of rotatable bonds is 5. The van der Waals surface area contributed by atoms with Crippen molar-refractivity contribution in [3.8, 4) is 5.75 Å². The Labute approximate surface area is 204 Å². The molecular weight excluding hydrogens is 492 g/mol. The Balaban J connectivity index is 1.85. The number of benzene rings is 1. The summed E-state index contributed by atoms with van der Waals surface area (Å²) < 4.78 is 30.4. The number of aromatic nitrogens is 1. The highest BCUT2D eigenvalue weighted by Gasteiger charge is 2.39.